The van der Waals surface area contributed by atoms with Gasteiger partial charge in [-0.15, -0.1) is 0 Å². The summed E-state index contributed by atoms with van der Waals surface area (Å²) >= 11 is 0. The maximum atomic E-state index is 5.23. The summed E-state index contributed by atoms with van der Waals surface area (Å²) in [5.74, 6) is 3.02. The second kappa shape index (κ2) is 4.28. The minimum Gasteiger partial charge on any atom is -0.256 e. The van der Waals surface area contributed by atoms with E-state index in [2.05, 4.69) is 41.5 Å². The van der Waals surface area contributed by atoms with Crippen LogP contribution in [0.2, 0.25) is 0 Å². The van der Waals surface area contributed by atoms with Gasteiger partial charge in [0.05, 0.1) is 11.4 Å². The van der Waals surface area contributed by atoms with E-state index >= 15 is 0 Å². The molecule has 5 aliphatic rings. The zero-order chi connectivity index (χ0) is 15.9. The highest BCUT2D eigenvalue weighted by molar-refractivity contribution is 6.11. The van der Waals surface area contributed by atoms with E-state index in [1.807, 2.05) is 0 Å². The molecule has 4 saturated carbocycles. The molecule has 0 radical (unpaired) electrons. The minimum atomic E-state index is 0.189. The first-order valence-electron chi connectivity index (χ1n) is 9.43. The average molecular weight is 300 g/mol. The zero-order valence-electron chi connectivity index (χ0n) is 15.4. The third-order valence-electron chi connectivity index (χ3n) is 6.70. The van der Waals surface area contributed by atoms with E-state index in [0.717, 1.165) is 17.8 Å². The van der Waals surface area contributed by atoms with E-state index in [0.29, 0.717) is 5.41 Å². The summed E-state index contributed by atoms with van der Waals surface area (Å²) in [7, 11) is 0. The predicted octanol–water partition coefficient (Wildman–Crippen LogP) is 6.00. The van der Waals surface area contributed by atoms with E-state index in [1.54, 1.807) is 11.3 Å². The quantitative estimate of drug-likeness (QED) is 0.562. The number of hydrogen-bond donors (Lipinski definition) is 0. The molecule has 1 aliphatic heterocycles. The van der Waals surface area contributed by atoms with E-state index in [4.69, 9.17) is 4.99 Å². The van der Waals surface area contributed by atoms with Crippen molar-refractivity contribution >= 4 is 5.71 Å². The van der Waals surface area contributed by atoms with Crippen LogP contribution in [0.25, 0.3) is 0 Å². The van der Waals surface area contributed by atoms with Crippen molar-refractivity contribution in [1.29, 1.82) is 0 Å². The maximum absolute atomic E-state index is 5.23. The molecule has 0 aromatic heterocycles. The summed E-state index contributed by atoms with van der Waals surface area (Å²) in [5, 5.41) is 0. The van der Waals surface area contributed by atoms with Gasteiger partial charge in [0.2, 0.25) is 0 Å². The van der Waals surface area contributed by atoms with Gasteiger partial charge in [0.25, 0.3) is 0 Å². The highest BCUT2D eigenvalue weighted by Gasteiger charge is 2.56. The summed E-state index contributed by atoms with van der Waals surface area (Å²) in [5.41, 5.74) is 5.46. The Balaban J connectivity index is 1.72. The second-order valence-electron chi connectivity index (χ2n) is 10.9. The number of aliphatic imine (C=N–C) groups is 1. The molecule has 0 aromatic carbocycles. The van der Waals surface area contributed by atoms with Crippen molar-refractivity contribution in [3.8, 4) is 0 Å². The van der Waals surface area contributed by atoms with Crippen molar-refractivity contribution < 1.29 is 0 Å². The van der Waals surface area contributed by atoms with Crippen LogP contribution >= 0.6 is 0 Å². The standard InChI is InChI=1S/C21H33N/c1-19(2,3)16-17(20(4,5)6)22-18(16)21-10-13-7-14(11-21)9-15(8-13)12-21/h13-15H,7-12H2,1-6H3. The number of rotatable bonds is 1. The van der Waals surface area contributed by atoms with Crippen LogP contribution in [0.4, 0.5) is 0 Å². The van der Waals surface area contributed by atoms with E-state index in [-0.39, 0.29) is 10.8 Å². The van der Waals surface area contributed by atoms with Gasteiger partial charge in [-0.25, -0.2) is 0 Å². The lowest BCUT2D eigenvalue weighted by Crippen LogP contribution is -2.53. The molecule has 1 heterocycles. The van der Waals surface area contributed by atoms with Gasteiger partial charge in [-0.1, -0.05) is 41.5 Å². The van der Waals surface area contributed by atoms with Gasteiger partial charge in [-0.2, -0.15) is 0 Å². The van der Waals surface area contributed by atoms with Crippen LogP contribution in [0, 0.1) is 34.0 Å². The van der Waals surface area contributed by atoms with Gasteiger partial charge in [-0.05, 0) is 61.7 Å². The Kier molecular flexibility index (Phi) is 2.91. The molecule has 0 amide bonds. The fraction of sp³-hybridized carbons (Fsp3) is 0.857. The molecule has 5 rings (SSSR count). The molecule has 4 bridgehead atoms. The number of hydrogen-bond acceptors (Lipinski definition) is 1. The lowest BCUT2D eigenvalue weighted by Gasteiger charge is -2.59. The van der Waals surface area contributed by atoms with Crippen LogP contribution in [0.15, 0.2) is 16.3 Å². The molecule has 0 saturated heterocycles. The lowest BCUT2D eigenvalue weighted by molar-refractivity contribution is -0.0132. The Labute approximate surface area is 136 Å². The van der Waals surface area contributed by atoms with Crippen molar-refractivity contribution in [3.63, 3.8) is 0 Å². The summed E-state index contributed by atoms with van der Waals surface area (Å²) in [4.78, 5) is 5.23. The molecule has 0 unspecified atom stereocenters. The second-order valence-corrected chi connectivity index (χ2v) is 10.9. The fourth-order valence-corrected chi connectivity index (χ4v) is 6.32. The molecular weight excluding hydrogens is 266 g/mol. The largest absolute Gasteiger partial charge is 0.256 e. The Hall–Kier alpha value is -0.590. The fourth-order valence-electron chi connectivity index (χ4n) is 6.32. The number of allylic oxidation sites excluding steroid dienone is 2. The van der Waals surface area contributed by atoms with Crippen LogP contribution in [-0.4, -0.2) is 5.71 Å². The molecular formula is C21H33N. The summed E-state index contributed by atoms with van der Waals surface area (Å²) in [6, 6.07) is 0. The Morgan fingerprint density at radius 2 is 1.23 bits per heavy atom. The molecule has 0 atom stereocenters. The van der Waals surface area contributed by atoms with Gasteiger partial charge in [-0.3, -0.25) is 4.99 Å². The summed E-state index contributed by atoms with van der Waals surface area (Å²) in [6.07, 6.45) is 8.88. The Bertz CT molecular complexity index is 526. The van der Waals surface area contributed by atoms with E-state index in [1.165, 1.54) is 44.2 Å². The van der Waals surface area contributed by atoms with Crippen molar-refractivity contribution in [2.75, 3.05) is 0 Å². The maximum Gasteiger partial charge on any atom is 0.0525 e. The van der Waals surface area contributed by atoms with Gasteiger partial charge >= 0.3 is 0 Å². The van der Waals surface area contributed by atoms with Crippen molar-refractivity contribution in [3.05, 3.63) is 11.3 Å². The van der Waals surface area contributed by atoms with Crippen LogP contribution in [0.1, 0.15) is 80.1 Å². The minimum absolute atomic E-state index is 0.189. The van der Waals surface area contributed by atoms with Crippen molar-refractivity contribution in [1.82, 2.24) is 0 Å². The third-order valence-corrected chi connectivity index (χ3v) is 6.70. The van der Waals surface area contributed by atoms with Gasteiger partial charge in [0.1, 0.15) is 0 Å². The first-order valence-corrected chi connectivity index (χ1v) is 9.43. The SMILES string of the molecule is CC(C)(C)C1=C(C(C)(C)C)C(C23CC4CC(CC(C4)C2)C3)=N1. The van der Waals surface area contributed by atoms with Gasteiger partial charge in [0.15, 0.2) is 0 Å². The molecule has 1 nitrogen and oxygen atoms in total. The normalized spacial score (nSPS) is 40.8. The van der Waals surface area contributed by atoms with Gasteiger partial charge in [0, 0.05) is 16.4 Å². The third kappa shape index (κ3) is 2.07. The monoisotopic (exact) mass is 299 g/mol. The van der Waals surface area contributed by atoms with Crippen LogP contribution in [-0.2, 0) is 0 Å². The molecule has 1 heteroatoms. The highest BCUT2D eigenvalue weighted by Crippen LogP contribution is 2.63. The Morgan fingerprint density at radius 1 is 0.773 bits per heavy atom. The van der Waals surface area contributed by atoms with E-state index in [9.17, 15) is 0 Å². The lowest BCUT2D eigenvalue weighted by atomic mass is 9.46. The first-order chi connectivity index (χ1) is 10.1. The molecule has 0 spiro atoms. The topological polar surface area (TPSA) is 12.4 Å². The van der Waals surface area contributed by atoms with Crippen LogP contribution < -0.4 is 0 Å². The number of nitrogens with zero attached hydrogens (tertiary/aromatic N) is 1. The summed E-state index contributed by atoms with van der Waals surface area (Å²) < 4.78 is 0. The average Bonchev–Trinajstić information content (AvgIpc) is 2.19. The van der Waals surface area contributed by atoms with Gasteiger partial charge < -0.3 is 0 Å². The molecule has 0 aromatic rings. The predicted molar refractivity (Wildman–Crippen MR) is 94.0 cm³/mol. The molecule has 0 N–H and O–H groups in total. The smallest absolute Gasteiger partial charge is 0.0525 e. The first kappa shape index (κ1) is 15.0. The Morgan fingerprint density at radius 3 is 1.59 bits per heavy atom. The van der Waals surface area contributed by atoms with Crippen molar-refractivity contribution in [2.45, 2.75) is 80.1 Å². The van der Waals surface area contributed by atoms with E-state index < -0.39 is 0 Å². The highest BCUT2D eigenvalue weighted by atomic mass is 14.9. The van der Waals surface area contributed by atoms with Crippen LogP contribution in [0.5, 0.6) is 0 Å². The summed E-state index contributed by atoms with van der Waals surface area (Å²) in [6.45, 7) is 14.2. The molecule has 4 fully saturated rings. The van der Waals surface area contributed by atoms with Crippen molar-refractivity contribution in [2.24, 2.45) is 39.0 Å². The van der Waals surface area contributed by atoms with Crippen LogP contribution in [0.3, 0.4) is 0 Å². The molecule has 122 valence electrons. The zero-order valence-corrected chi connectivity index (χ0v) is 15.4. The molecule has 22 heavy (non-hydrogen) atoms. The molecule has 4 aliphatic carbocycles.